The number of nitrogens with one attached hydrogen (secondary N) is 1. The number of amides is 1. The number of carbonyl (C=O) groups excluding carboxylic acids is 1. The number of carbonyl (C=O) groups is 1. The minimum absolute atomic E-state index is 0.0411. The highest BCUT2D eigenvalue weighted by Crippen LogP contribution is 2.52. The van der Waals surface area contributed by atoms with Gasteiger partial charge in [-0.2, -0.15) is 5.10 Å². The average molecular weight is 462 g/mol. The van der Waals surface area contributed by atoms with Crippen molar-refractivity contribution in [3.05, 3.63) is 40.3 Å². The van der Waals surface area contributed by atoms with E-state index in [1.54, 1.807) is 11.7 Å². The molecule has 1 aliphatic heterocycles. The Labute approximate surface area is 192 Å². The molecule has 1 aromatic carbocycles. The molecule has 2 saturated carbocycles. The Balaban J connectivity index is 1.31. The molecule has 2 heterocycles. The summed E-state index contributed by atoms with van der Waals surface area (Å²) in [6.45, 7) is 3.73. The Morgan fingerprint density at radius 1 is 1.22 bits per heavy atom. The van der Waals surface area contributed by atoms with Crippen molar-refractivity contribution in [2.75, 3.05) is 37.4 Å². The molecule has 3 aliphatic rings. The molecule has 5 rings (SSSR count). The summed E-state index contributed by atoms with van der Waals surface area (Å²) in [5.41, 5.74) is 7.86. The van der Waals surface area contributed by atoms with Gasteiger partial charge >= 0.3 is 0 Å². The lowest BCUT2D eigenvalue weighted by Crippen LogP contribution is -2.42. The Hall–Kier alpha value is -2.16. The van der Waals surface area contributed by atoms with E-state index in [0.29, 0.717) is 34.9 Å². The molecule has 7 nitrogen and oxygen atoms in total. The van der Waals surface area contributed by atoms with E-state index >= 15 is 0 Å². The largest absolute Gasteiger partial charge is 0.383 e. The smallest absolute Gasteiger partial charge is 0.261 e. The van der Waals surface area contributed by atoms with Crippen molar-refractivity contribution in [1.82, 2.24) is 14.7 Å². The van der Waals surface area contributed by atoms with Crippen LogP contribution in [0.3, 0.4) is 0 Å². The van der Waals surface area contributed by atoms with Crippen LogP contribution in [-0.2, 0) is 11.8 Å². The number of nitrogen functional groups attached to an aromatic ring is 1. The molecule has 3 N–H and O–H groups in total. The number of hydrogen-bond donors (Lipinski definition) is 2. The first-order chi connectivity index (χ1) is 15.4. The maximum atomic E-state index is 13.5. The van der Waals surface area contributed by atoms with Crippen LogP contribution in [0.5, 0.6) is 0 Å². The van der Waals surface area contributed by atoms with E-state index in [9.17, 15) is 9.18 Å². The van der Waals surface area contributed by atoms with Gasteiger partial charge in [-0.25, -0.2) is 4.39 Å². The second-order valence-corrected chi connectivity index (χ2v) is 9.72. The standard InChI is InChI=1S/C23H29ClFN5O2/c1-29-22(26)20(23(31)27-16-2-3-19(25)18(24)12-16)21(28-29)15-8-13-10-17(11-14(13)9-15)30-4-6-32-7-5-30/h2-3,12-15,17H,4-11,26H2,1H3,(H,27,31). The molecule has 0 spiro atoms. The van der Waals surface area contributed by atoms with Gasteiger partial charge in [0, 0.05) is 37.8 Å². The predicted octanol–water partition coefficient (Wildman–Crippen LogP) is 3.65. The Kier molecular flexibility index (Phi) is 5.86. The predicted molar refractivity (Wildman–Crippen MR) is 121 cm³/mol. The van der Waals surface area contributed by atoms with E-state index < -0.39 is 5.82 Å². The summed E-state index contributed by atoms with van der Waals surface area (Å²) in [6.07, 6.45) is 4.48. The van der Waals surface area contributed by atoms with Crippen LogP contribution in [0.1, 0.15) is 47.7 Å². The fraction of sp³-hybridized carbons (Fsp3) is 0.565. The first-order valence-corrected chi connectivity index (χ1v) is 11.7. The molecule has 2 unspecified atom stereocenters. The summed E-state index contributed by atoms with van der Waals surface area (Å²) in [6, 6.07) is 4.76. The Bertz CT molecular complexity index is 1010. The monoisotopic (exact) mass is 461 g/mol. The third-order valence-corrected chi connectivity index (χ3v) is 7.75. The molecular formula is C23H29ClFN5O2. The maximum Gasteiger partial charge on any atom is 0.261 e. The lowest BCUT2D eigenvalue weighted by Gasteiger charge is -2.32. The van der Waals surface area contributed by atoms with Crippen molar-refractivity contribution in [2.24, 2.45) is 18.9 Å². The highest BCUT2D eigenvalue weighted by molar-refractivity contribution is 6.31. The molecule has 9 heteroatoms. The van der Waals surface area contributed by atoms with Crippen LogP contribution in [0.4, 0.5) is 15.9 Å². The molecule has 1 aromatic heterocycles. The van der Waals surface area contributed by atoms with Crippen molar-refractivity contribution in [1.29, 1.82) is 0 Å². The third-order valence-electron chi connectivity index (χ3n) is 7.46. The quantitative estimate of drug-likeness (QED) is 0.725. The van der Waals surface area contributed by atoms with Gasteiger partial charge in [0.25, 0.3) is 5.91 Å². The number of ether oxygens (including phenoxy) is 1. The van der Waals surface area contributed by atoms with Gasteiger partial charge in [0.05, 0.1) is 23.9 Å². The number of anilines is 2. The average Bonchev–Trinajstić information content (AvgIpc) is 3.43. The zero-order chi connectivity index (χ0) is 22.4. The minimum atomic E-state index is -0.529. The Morgan fingerprint density at radius 2 is 1.91 bits per heavy atom. The molecule has 3 fully saturated rings. The molecule has 2 aliphatic carbocycles. The summed E-state index contributed by atoms with van der Waals surface area (Å²) >= 11 is 5.86. The number of halogens is 2. The number of morpholine rings is 1. The summed E-state index contributed by atoms with van der Waals surface area (Å²) in [5.74, 6) is 1.01. The van der Waals surface area contributed by atoms with Gasteiger partial charge in [-0.15, -0.1) is 0 Å². The summed E-state index contributed by atoms with van der Waals surface area (Å²) in [4.78, 5) is 15.7. The van der Waals surface area contributed by atoms with Crippen molar-refractivity contribution >= 4 is 29.0 Å². The van der Waals surface area contributed by atoms with E-state index in [1.807, 2.05) is 0 Å². The van der Waals surface area contributed by atoms with Crippen LogP contribution in [0, 0.1) is 17.7 Å². The fourth-order valence-corrected chi connectivity index (χ4v) is 6.07. The highest BCUT2D eigenvalue weighted by atomic mass is 35.5. The van der Waals surface area contributed by atoms with Crippen LogP contribution in [0.25, 0.3) is 0 Å². The second-order valence-electron chi connectivity index (χ2n) is 9.31. The second kappa shape index (κ2) is 8.65. The number of benzene rings is 1. The number of hydrogen-bond acceptors (Lipinski definition) is 5. The summed E-state index contributed by atoms with van der Waals surface area (Å²) in [7, 11) is 1.76. The molecular weight excluding hydrogens is 433 g/mol. The SMILES string of the molecule is Cn1nc(C2CC3CC(N4CCOCC4)CC3C2)c(C(=O)Nc2ccc(F)c(Cl)c2)c1N. The van der Waals surface area contributed by atoms with E-state index in [1.165, 1.54) is 31.0 Å². The molecule has 0 bridgehead atoms. The van der Waals surface area contributed by atoms with Crippen LogP contribution in [0.15, 0.2) is 18.2 Å². The van der Waals surface area contributed by atoms with Gasteiger partial charge in [-0.3, -0.25) is 14.4 Å². The normalized spacial score (nSPS) is 28.1. The number of nitrogens with zero attached hydrogens (tertiary/aromatic N) is 3. The lowest BCUT2D eigenvalue weighted by atomic mass is 9.95. The van der Waals surface area contributed by atoms with E-state index in [2.05, 4.69) is 15.3 Å². The van der Waals surface area contributed by atoms with Gasteiger partial charge < -0.3 is 15.8 Å². The van der Waals surface area contributed by atoms with Crippen molar-refractivity contribution in [3.8, 4) is 0 Å². The number of rotatable bonds is 4. The molecule has 1 amide bonds. The molecule has 2 atom stereocenters. The van der Waals surface area contributed by atoms with E-state index in [-0.39, 0.29) is 16.8 Å². The highest BCUT2D eigenvalue weighted by Gasteiger charge is 2.45. The molecule has 2 aromatic rings. The Morgan fingerprint density at radius 3 is 2.56 bits per heavy atom. The first kappa shape index (κ1) is 21.7. The zero-order valence-electron chi connectivity index (χ0n) is 18.2. The van der Waals surface area contributed by atoms with Crippen molar-refractivity contribution < 1.29 is 13.9 Å². The topological polar surface area (TPSA) is 85.4 Å². The molecule has 172 valence electrons. The number of aryl methyl sites for hydroxylation is 1. The van der Waals surface area contributed by atoms with E-state index in [0.717, 1.165) is 44.8 Å². The minimum Gasteiger partial charge on any atom is -0.383 e. The van der Waals surface area contributed by atoms with Crippen LogP contribution in [-0.4, -0.2) is 52.9 Å². The number of nitrogens with two attached hydrogens (primary N) is 1. The molecule has 0 radical (unpaired) electrons. The maximum absolute atomic E-state index is 13.5. The van der Waals surface area contributed by atoms with Crippen molar-refractivity contribution in [2.45, 2.75) is 37.6 Å². The third kappa shape index (κ3) is 4.00. The number of aromatic nitrogens is 2. The summed E-state index contributed by atoms with van der Waals surface area (Å²) in [5, 5.41) is 7.40. The number of fused-ring (bicyclic) bond motifs is 1. The zero-order valence-corrected chi connectivity index (χ0v) is 18.9. The van der Waals surface area contributed by atoms with Crippen LogP contribution in [0.2, 0.25) is 5.02 Å². The summed E-state index contributed by atoms with van der Waals surface area (Å²) < 4.78 is 20.5. The van der Waals surface area contributed by atoms with Gasteiger partial charge in [-0.05, 0) is 55.7 Å². The van der Waals surface area contributed by atoms with E-state index in [4.69, 9.17) is 22.1 Å². The van der Waals surface area contributed by atoms with Crippen molar-refractivity contribution in [3.63, 3.8) is 0 Å². The van der Waals surface area contributed by atoms with Gasteiger partial charge in [-0.1, -0.05) is 11.6 Å². The van der Waals surface area contributed by atoms with Crippen LogP contribution >= 0.6 is 11.6 Å². The lowest BCUT2D eigenvalue weighted by molar-refractivity contribution is 0.0162. The van der Waals surface area contributed by atoms with Gasteiger partial charge in [0.15, 0.2) is 0 Å². The van der Waals surface area contributed by atoms with Gasteiger partial charge in [0.1, 0.15) is 17.2 Å². The van der Waals surface area contributed by atoms with Crippen LogP contribution < -0.4 is 11.1 Å². The first-order valence-electron chi connectivity index (χ1n) is 11.3. The fourth-order valence-electron chi connectivity index (χ4n) is 5.89. The molecule has 32 heavy (non-hydrogen) atoms. The van der Waals surface area contributed by atoms with Gasteiger partial charge in [0.2, 0.25) is 0 Å². The molecule has 1 saturated heterocycles.